The van der Waals surface area contributed by atoms with Crippen LogP contribution in [0.4, 0.5) is 0 Å². The maximum Gasteiger partial charge on any atom is 0.326 e. The number of amides is 1. The molecule has 0 aliphatic rings. The van der Waals surface area contributed by atoms with Crippen molar-refractivity contribution < 1.29 is 14.3 Å². The lowest BCUT2D eigenvalue weighted by molar-refractivity contribution is -0.153. The zero-order valence-electron chi connectivity index (χ0n) is 18.0. The maximum atomic E-state index is 13.0. The van der Waals surface area contributed by atoms with Gasteiger partial charge in [0.15, 0.2) is 6.61 Å². The predicted molar refractivity (Wildman–Crippen MR) is 123 cm³/mol. The molecule has 0 unspecified atom stereocenters. The maximum absolute atomic E-state index is 13.0. The molecule has 32 heavy (non-hydrogen) atoms. The molecule has 3 aromatic carbocycles. The Morgan fingerprint density at radius 2 is 1.41 bits per heavy atom. The van der Waals surface area contributed by atoms with Crippen LogP contribution in [-0.2, 0) is 34.0 Å². The summed E-state index contributed by atoms with van der Waals surface area (Å²) in [6, 6.07) is 27.2. The van der Waals surface area contributed by atoms with Gasteiger partial charge in [0.05, 0.1) is 11.0 Å². The molecular formula is C26H25N3O3. The molecule has 0 radical (unpaired) electrons. The van der Waals surface area contributed by atoms with Gasteiger partial charge in [0.25, 0.3) is 5.91 Å². The van der Waals surface area contributed by atoms with Gasteiger partial charge in [-0.05, 0) is 30.2 Å². The Balaban J connectivity index is 1.41. The molecule has 0 saturated carbocycles. The van der Waals surface area contributed by atoms with Crippen molar-refractivity contribution in [2.75, 3.05) is 6.61 Å². The first-order valence-electron chi connectivity index (χ1n) is 10.5. The Hall–Kier alpha value is -3.93. The number of hydrogen-bond donors (Lipinski definition) is 0. The molecule has 6 nitrogen and oxygen atoms in total. The highest BCUT2D eigenvalue weighted by Crippen LogP contribution is 2.15. The van der Waals surface area contributed by atoms with Crippen LogP contribution in [0.5, 0.6) is 0 Å². The molecule has 0 fully saturated rings. The average molecular weight is 428 g/mol. The molecule has 1 heterocycles. The van der Waals surface area contributed by atoms with E-state index in [2.05, 4.69) is 4.98 Å². The molecule has 0 aliphatic heterocycles. The normalized spacial score (nSPS) is 10.8. The Morgan fingerprint density at radius 3 is 2.03 bits per heavy atom. The van der Waals surface area contributed by atoms with E-state index in [0.29, 0.717) is 13.1 Å². The lowest BCUT2D eigenvalue weighted by atomic mass is 10.1. The summed E-state index contributed by atoms with van der Waals surface area (Å²) >= 11 is 0. The second kappa shape index (κ2) is 9.92. The fourth-order valence-corrected chi connectivity index (χ4v) is 3.64. The van der Waals surface area contributed by atoms with Crippen molar-refractivity contribution in [2.45, 2.75) is 26.6 Å². The van der Waals surface area contributed by atoms with Gasteiger partial charge in [0, 0.05) is 13.1 Å². The molecule has 4 aromatic rings. The third-order valence-electron chi connectivity index (χ3n) is 5.27. The molecule has 0 saturated heterocycles. The van der Waals surface area contributed by atoms with Crippen LogP contribution in [-0.4, -0.2) is 32.9 Å². The summed E-state index contributed by atoms with van der Waals surface area (Å²) in [6.45, 7) is 2.44. The highest BCUT2D eigenvalue weighted by Gasteiger charge is 2.18. The standard InChI is InChI=1S/C26H25N3O3/c1-20-27-23-14-8-9-15-24(23)29(20)18-26(31)32-19-25(30)28(16-21-10-4-2-5-11-21)17-22-12-6-3-7-13-22/h2-15H,16-19H2,1H3. The van der Waals surface area contributed by atoms with Gasteiger partial charge in [0.2, 0.25) is 0 Å². The highest BCUT2D eigenvalue weighted by molar-refractivity contribution is 5.82. The summed E-state index contributed by atoms with van der Waals surface area (Å²) in [5.41, 5.74) is 3.72. The fourth-order valence-electron chi connectivity index (χ4n) is 3.64. The van der Waals surface area contributed by atoms with Crippen molar-refractivity contribution in [3.63, 3.8) is 0 Å². The fraction of sp³-hybridized carbons (Fsp3) is 0.192. The Labute approximate surface area is 187 Å². The highest BCUT2D eigenvalue weighted by atomic mass is 16.5. The van der Waals surface area contributed by atoms with Crippen LogP contribution in [0.25, 0.3) is 11.0 Å². The summed E-state index contributed by atoms with van der Waals surface area (Å²) in [5.74, 6) is 0.0199. The summed E-state index contributed by atoms with van der Waals surface area (Å²) in [6.07, 6.45) is 0. The van der Waals surface area contributed by atoms with Gasteiger partial charge in [0.1, 0.15) is 12.4 Å². The van der Waals surface area contributed by atoms with Crippen LogP contribution < -0.4 is 0 Å². The molecule has 162 valence electrons. The number of rotatable bonds is 8. The number of hydrogen-bond acceptors (Lipinski definition) is 4. The minimum absolute atomic E-state index is 0.0109. The number of ether oxygens (including phenoxy) is 1. The molecular weight excluding hydrogens is 402 g/mol. The van der Waals surface area contributed by atoms with Crippen molar-refractivity contribution in [2.24, 2.45) is 0 Å². The SMILES string of the molecule is Cc1nc2ccccc2n1CC(=O)OCC(=O)N(Cc1ccccc1)Cc1ccccc1. The van der Waals surface area contributed by atoms with Gasteiger partial charge < -0.3 is 14.2 Å². The van der Waals surface area contributed by atoms with Crippen molar-refractivity contribution in [3.05, 3.63) is 102 Å². The number of nitrogens with zero attached hydrogens (tertiary/aromatic N) is 3. The Kier molecular flexibility index (Phi) is 6.60. The number of para-hydroxylation sites is 2. The lowest BCUT2D eigenvalue weighted by Crippen LogP contribution is -2.34. The monoisotopic (exact) mass is 427 g/mol. The van der Waals surface area contributed by atoms with E-state index in [1.165, 1.54) is 0 Å². The molecule has 0 spiro atoms. The van der Waals surface area contributed by atoms with Gasteiger partial charge >= 0.3 is 5.97 Å². The Bertz CT molecular complexity index is 1160. The van der Waals surface area contributed by atoms with Crippen LogP contribution in [0.15, 0.2) is 84.9 Å². The minimum Gasteiger partial charge on any atom is -0.454 e. The second-order valence-corrected chi connectivity index (χ2v) is 7.62. The van der Waals surface area contributed by atoms with Crippen LogP contribution in [0.3, 0.4) is 0 Å². The lowest BCUT2D eigenvalue weighted by Gasteiger charge is -2.23. The third kappa shape index (κ3) is 5.21. The topological polar surface area (TPSA) is 64.4 Å². The zero-order valence-corrected chi connectivity index (χ0v) is 18.0. The van der Waals surface area contributed by atoms with Crippen molar-refractivity contribution in [1.82, 2.24) is 14.5 Å². The van der Waals surface area contributed by atoms with E-state index in [0.717, 1.165) is 28.0 Å². The zero-order chi connectivity index (χ0) is 22.3. The van der Waals surface area contributed by atoms with E-state index in [1.807, 2.05) is 91.9 Å². The predicted octanol–water partition coefficient (Wildman–Crippen LogP) is 4.12. The molecule has 0 atom stereocenters. The first-order chi connectivity index (χ1) is 15.6. The number of carbonyl (C=O) groups is 2. The number of esters is 1. The molecule has 1 amide bonds. The van der Waals surface area contributed by atoms with Gasteiger partial charge in [-0.1, -0.05) is 72.8 Å². The van der Waals surface area contributed by atoms with E-state index in [-0.39, 0.29) is 19.1 Å². The molecule has 0 bridgehead atoms. The van der Waals surface area contributed by atoms with E-state index in [1.54, 1.807) is 9.47 Å². The van der Waals surface area contributed by atoms with E-state index < -0.39 is 5.97 Å². The van der Waals surface area contributed by atoms with E-state index >= 15 is 0 Å². The summed E-state index contributed by atoms with van der Waals surface area (Å²) in [5, 5.41) is 0. The molecule has 0 N–H and O–H groups in total. The number of fused-ring (bicyclic) bond motifs is 1. The van der Waals surface area contributed by atoms with Gasteiger partial charge in [-0.15, -0.1) is 0 Å². The minimum atomic E-state index is -0.469. The number of aryl methyl sites for hydroxylation is 1. The van der Waals surface area contributed by atoms with Crippen LogP contribution in [0.2, 0.25) is 0 Å². The quantitative estimate of drug-likeness (QED) is 0.397. The van der Waals surface area contributed by atoms with Gasteiger partial charge in [-0.3, -0.25) is 9.59 Å². The average Bonchev–Trinajstić information content (AvgIpc) is 3.13. The summed E-state index contributed by atoms with van der Waals surface area (Å²) in [4.78, 5) is 31.6. The van der Waals surface area contributed by atoms with Crippen LogP contribution >= 0.6 is 0 Å². The second-order valence-electron chi connectivity index (χ2n) is 7.62. The number of imidazole rings is 1. The molecule has 4 rings (SSSR count). The number of aromatic nitrogens is 2. The van der Waals surface area contributed by atoms with E-state index in [9.17, 15) is 9.59 Å². The first kappa shape index (κ1) is 21.3. The smallest absolute Gasteiger partial charge is 0.326 e. The van der Waals surface area contributed by atoms with Crippen LogP contribution in [0, 0.1) is 6.92 Å². The van der Waals surface area contributed by atoms with Crippen molar-refractivity contribution in [1.29, 1.82) is 0 Å². The largest absolute Gasteiger partial charge is 0.454 e. The first-order valence-corrected chi connectivity index (χ1v) is 10.5. The Morgan fingerprint density at radius 1 is 0.844 bits per heavy atom. The van der Waals surface area contributed by atoms with Gasteiger partial charge in [-0.2, -0.15) is 0 Å². The summed E-state index contributed by atoms with van der Waals surface area (Å²) < 4.78 is 7.16. The van der Waals surface area contributed by atoms with Crippen molar-refractivity contribution >= 4 is 22.9 Å². The van der Waals surface area contributed by atoms with Crippen LogP contribution in [0.1, 0.15) is 17.0 Å². The number of benzene rings is 3. The third-order valence-corrected chi connectivity index (χ3v) is 5.27. The van der Waals surface area contributed by atoms with E-state index in [4.69, 9.17) is 4.74 Å². The van der Waals surface area contributed by atoms with Crippen molar-refractivity contribution in [3.8, 4) is 0 Å². The summed E-state index contributed by atoms with van der Waals surface area (Å²) in [7, 11) is 0. The number of carbonyl (C=O) groups excluding carboxylic acids is 2. The molecule has 0 aliphatic carbocycles. The molecule has 6 heteroatoms. The molecule has 1 aromatic heterocycles. The van der Waals surface area contributed by atoms with Gasteiger partial charge in [-0.25, -0.2) is 4.98 Å².